The van der Waals surface area contributed by atoms with E-state index in [1.807, 2.05) is 0 Å². The summed E-state index contributed by atoms with van der Waals surface area (Å²) in [6.45, 7) is 5.29. The van der Waals surface area contributed by atoms with Gasteiger partial charge >= 0.3 is 0 Å². The number of ether oxygens (including phenoxy) is 1. The van der Waals surface area contributed by atoms with Crippen LogP contribution in [0.3, 0.4) is 0 Å². The molecule has 0 unspecified atom stereocenters. The van der Waals surface area contributed by atoms with Crippen molar-refractivity contribution in [2.75, 3.05) is 37.7 Å². The third-order valence-corrected chi connectivity index (χ3v) is 5.29. The van der Waals surface area contributed by atoms with E-state index in [1.165, 1.54) is 23.5 Å². The van der Waals surface area contributed by atoms with E-state index in [0.29, 0.717) is 10.8 Å². The van der Waals surface area contributed by atoms with Crippen molar-refractivity contribution in [2.45, 2.75) is 17.9 Å². The van der Waals surface area contributed by atoms with Crippen LogP contribution in [0.4, 0.5) is 5.95 Å². The zero-order valence-corrected chi connectivity index (χ0v) is 14.7. The van der Waals surface area contributed by atoms with Crippen LogP contribution in [0.5, 0.6) is 5.75 Å². The van der Waals surface area contributed by atoms with Crippen molar-refractivity contribution >= 4 is 16.5 Å². The predicted octanol–water partition coefficient (Wildman–Crippen LogP) is 1.82. The summed E-state index contributed by atoms with van der Waals surface area (Å²) in [7, 11) is -1.78. The Balaban J connectivity index is 1.35. The second kappa shape index (κ2) is 6.97. The molecule has 0 amide bonds. The van der Waals surface area contributed by atoms with Gasteiger partial charge in [-0.3, -0.25) is 4.90 Å². The fourth-order valence-corrected chi connectivity index (χ4v) is 3.54. The van der Waals surface area contributed by atoms with Crippen molar-refractivity contribution in [3.63, 3.8) is 0 Å². The lowest BCUT2D eigenvalue weighted by Gasteiger charge is -2.34. The Morgan fingerprint density at radius 1 is 1.16 bits per heavy atom. The molecule has 3 heterocycles. The van der Waals surface area contributed by atoms with Crippen molar-refractivity contribution < 1.29 is 8.95 Å². The zero-order valence-electron chi connectivity index (χ0n) is 13.9. The molecule has 2 aromatic rings. The molecule has 1 N–H and O–H groups in total. The van der Waals surface area contributed by atoms with E-state index in [9.17, 15) is 4.21 Å². The Kier molecular flexibility index (Phi) is 4.54. The van der Waals surface area contributed by atoms with Gasteiger partial charge in [-0.25, -0.2) is 9.97 Å². The maximum atomic E-state index is 11.1. The highest BCUT2D eigenvalue weighted by atomic mass is 32.2. The van der Waals surface area contributed by atoms with Gasteiger partial charge in [0, 0.05) is 51.5 Å². The lowest BCUT2D eigenvalue weighted by molar-refractivity contribution is 0.248. The van der Waals surface area contributed by atoms with Gasteiger partial charge in [0.25, 0.3) is 0 Å². The topological polar surface area (TPSA) is 82.4 Å². The fraction of sp³-hybridized carbons (Fsp3) is 0.412. The molecule has 1 aromatic heterocycles. The SMILES string of the molecule is N=[S-](=O)c1cnc(N2CCN(Cc3ccc4c(c3)OCC4)CC2)nc1. The highest BCUT2D eigenvalue weighted by Gasteiger charge is 2.20. The monoisotopic (exact) mass is 358 g/mol. The summed E-state index contributed by atoms with van der Waals surface area (Å²) in [6, 6.07) is 6.54. The van der Waals surface area contributed by atoms with E-state index in [1.54, 1.807) is 0 Å². The van der Waals surface area contributed by atoms with Crippen molar-refractivity contribution in [1.29, 1.82) is 4.78 Å². The van der Waals surface area contributed by atoms with Gasteiger partial charge in [-0.05, 0) is 17.2 Å². The van der Waals surface area contributed by atoms with Gasteiger partial charge in [0.2, 0.25) is 5.95 Å². The number of piperazine rings is 1. The van der Waals surface area contributed by atoms with Gasteiger partial charge in [-0.1, -0.05) is 17.0 Å². The summed E-state index contributed by atoms with van der Waals surface area (Å²) >= 11 is 0. The number of anilines is 1. The molecule has 1 saturated heterocycles. The van der Waals surface area contributed by atoms with E-state index in [4.69, 9.17) is 9.52 Å². The number of nitrogens with zero attached hydrogens (tertiary/aromatic N) is 4. The van der Waals surface area contributed by atoms with Crippen LogP contribution >= 0.6 is 0 Å². The molecule has 2 aliphatic heterocycles. The smallest absolute Gasteiger partial charge is 0.225 e. The predicted molar refractivity (Wildman–Crippen MR) is 94.2 cm³/mol. The lowest BCUT2D eigenvalue weighted by atomic mass is 10.1. The Bertz CT molecular complexity index is 821. The maximum absolute atomic E-state index is 11.1. The second-order valence-corrected chi connectivity index (χ2v) is 7.30. The summed E-state index contributed by atoms with van der Waals surface area (Å²) in [5, 5.41) is 0. The first-order valence-corrected chi connectivity index (χ1v) is 9.51. The summed E-state index contributed by atoms with van der Waals surface area (Å²) in [5.74, 6) is 1.68. The van der Waals surface area contributed by atoms with Crippen molar-refractivity contribution in [3.8, 4) is 5.75 Å². The maximum Gasteiger partial charge on any atom is 0.225 e. The molecule has 0 aliphatic carbocycles. The Morgan fingerprint density at radius 3 is 2.64 bits per heavy atom. The number of rotatable bonds is 4. The molecule has 0 bridgehead atoms. The van der Waals surface area contributed by atoms with Crippen LogP contribution in [0.1, 0.15) is 11.1 Å². The number of hydrogen-bond acceptors (Lipinski definition) is 8. The van der Waals surface area contributed by atoms with Crippen molar-refractivity contribution in [3.05, 3.63) is 41.7 Å². The van der Waals surface area contributed by atoms with E-state index < -0.39 is 10.6 Å². The van der Waals surface area contributed by atoms with Crippen LogP contribution in [-0.4, -0.2) is 47.7 Å². The molecule has 0 radical (unpaired) electrons. The largest absolute Gasteiger partial charge is 0.493 e. The normalized spacial score (nSPS) is 17.6. The molecule has 0 spiro atoms. The van der Waals surface area contributed by atoms with Crippen LogP contribution in [0.2, 0.25) is 0 Å². The average molecular weight is 358 g/mol. The number of fused-ring (bicyclic) bond motifs is 1. The minimum absolute atomic E-state index is 0.334. The number of benzene rings is 1. The molecule has 4 rings (SSSR count). The third kappa shape index (κ3) is 3.59. The van der Waals surface area contributed by atoms with E-state index >= 15 is 0 Å². The van der Waals surface area contributed by atoms with Crippen LogP contribution < -0.4 is 9.64 Å². The molecule has 8 heteroatoms. The van der Waals surface area contributed by atoms with Gasteiger partial charge in [0.15, 0.2) is 0 Å². The van der Waals surface area contributed by atoms with Crippen LogP contribution in [0.15, 0.2) is 35.5 Å². The van der Waals surface area contributed by atoms with Crippen molar-refractivity contribution in [1.82, 2.24) is 14.9 Å². The van der Waals surface area contributed by atoms with Gasteiger partial charge in [0.05, 0.1) is 6.61 Å². The Labute approximate surface area is 148 Å². The summed E-state index contributed by atoms with van der Waals surface area (Å²) in [6.07, 6.45) is 3.96. The summed E-state index contributed by atoms with van der Waals surface area (Å²) in [5.41, 5.74) is 2.59. The van der Waals surface area contributed by atoms with E-state index in [0.717, 1.165) is 51.5 Å². The fourth-order valence-electron chi connectivity index (χ4n) is 3.24. The minimum Gasteiger partial charge on any atom is -0.493 e. The third-order valence-electron chi connectivity index (χ3n) is 4.65. The lowest BCUT2D eigenvalue weighted by Crippen LogP contribution is -2.46. The molecule has 1 fully saturated rings. The molecule has 1 aromatic carbocycles. The first kappa shape index (κ1) is 16.3. The number of nitrogens with one attached hydrogen (secondary N) is 1. The van der Waals surface area contributed by atoms with Crippen LogP contribution in [-0.2, 0) is 27.8 Å². The van der Waals surface area contributed by atoms with Gasteiger partial charge < -0.3 is 18.6 Å². The molecule has 0 saturated carbocycles. The zero-order chi connectivity index (χ0) is 17.2. The molecule has 7 nitrogen and oxygen atoms in total. The summed E-state index contributed by atoms with van der Waals surface area (Å²) < 4.78 is 23.9. The standard InChI is InChI=1S/C17H20N5O2S/c18-25(23)15-10-19-17(20-11-15)22-6-4-21(5-7-22)12-13-1-2-14-3-8-24-16(14)9-13/h1-2,9-11,18H,3-8,12H2/q-1. The number of hydrogen-bond donors (Lipinski definition) is 1. The molecular weight excluding hydrogens is 338 g/mol. The van der Waals surface area contributed by atoms with Gasteiger partial charge in [0.1, 0.15) is 5.75 Å². The van der Waals surface area contributed by atoms with Crippen LogP contribution in [0.25, 0.3) is 0 Å². The van der Waals surface area contributed by atoms with Crippen molar-refractivity contribution in [2.24, 2.45) is 0 Å². The van der Waals surface area contributed by atoms with E-state index in [-0.39, 0.29) is 0 Å². The quantitative estimate of drug-likeness (QED) is 0.840. The summed E-state index contributed by atoms with van der Waals surface area (Å²) in [4.78, 5) is 13.4. The molecule has 25 heavy (non-hydrogen) atoms. The molecule has 132 valence electrons. The number of aromatic nitrogens is 2. The Hall–Kier alpha value is -2.19. The highest BCUT2D eigenvalue weighted by Crippen LogP contribution is 2.26. The van der Waals surface area contributed by atoms with Gasteiger partial charge in [-0.15, -0.1) is 0 Å². The van der Waals surface area contributed by atoms with Gasteiger partial charge in [-0.2, -0.15) is 10.6 Å². The Morgan fingerprint density at radius 2 is 1.92 bits per heavy atom. The molecular formula is C17H20N5O2S-. The first-order chi connectivity index (χ1) is 12.2. The molecule has 2 aliphatic rings. The van der Waals surface area contributed by atoms with Crippen LogP contribution in [0, 0.1) is 4.78 Å². The molecule has 0 atom stereocenters. The minimum atomic E-state index is -1.78. The van der Waals surface area contributed by atoms with E-state index in [2.05, 4.69) is 38.0 Å². The highest BCUT2D eigenvalue weighted by molar-refractivity contribution is 7.73. The second-order valence-electron chi connectivity index (χ2n) is 6.29. The average Bonchev–Trinajstić information content (AvgIpc) is 3.10. The first-order valence-electron chi connectivity index (χ1n) is 8.36.